The molecule has 0 aromatic heterocycles. The number of carbonyl (C=O) groups is 3. The highest BCUT2D eigenvalue weighted by Gasteiger charge is 2.17. The minimum atomic E-state index is -1.54. The number of nitrogens with two attached hydrogens (primary N) is 1. The van der Waals surface area contributed by atoms with Crippen LogP contribution in [0.4, 0.5) is 0 Å². The monoisotopic (exact) mass is 468 g/mol. The third-order valence-electron chi connectivity index (χ3n) is 5.32. The Morgan fingerprint density at radius 2 is 1.76 bits per heavy atom. The number of Topliss-reactive ketones (excluding diaryl/α,β-unsaturated/α-hetero) is 1. The molecule has 1 aliphatic heterocycles. The summed E-state index contributed by atoms with van der Waals surface area (Å²) in [6.07, 6.45) is 1.71. The lowest BCUT2D eigenvalue weighted by Crippen LogP contribution is -2.34. The van der Waals surface area contributed by atoms with Crippen molar-refractivity contribution in [2.75, 3.05) is 26.2 Å². The van der Waals surface area contributed by atoms with Crippen LogP contribution in [0.15, 0.2) is 42.5 Å². The van der Waals surface area contributed by atoms with E-state index in [1.54, 1.807) is 24.3 Å². The minimum absolute atomic E-state index is 0.0677. The van der Waals surface area contributed by atoms with Gasteiger partial charge in [-0.1, -0.05) is 12.1 Å². The topological polar surface area (TPSA) is 164 Å². The zero-order valence-electron chi connectivity index (χ0n) is 18.6. The first-order valence-electron chi connectivity index (χ1n) is 11.0. The summed E-state index contributed by atoms with van der Waals surface area (Å²) in [4.78, 5) is 34.9. The van der Waals surface area contributed by atoms with E-state index < -0.39 is 11.8 Å². The molecule has 3 rings (SSSR count). The van der Waals surface area contributed by atoms with Gasteiger partial charge in [-0.15, -0.1) is 0 Å². The SMILES string of the molecule is N=C(N)c1ccc(CC(=O)C(=O)O)c(OCCNC(=O)c2ccc(OC3CCNCC3)cc2)c1. The van der Waals surface area contributed by atoms with Crippen LogP contribution in [0.3, 0.4) is 0 Å². The van der Waals surface area contributed by atoms with Crippen LogP contribution in [0.25, 0.3) is 0 Å². The van der Waals surface area contributed by atoms with Crippen LogP contribution >= 0.6 is 0 Å². The quantitative estimate of drug-likeness (QED) is 0.142. The predicted molar refractivity (Wildman–Crippen MR) is 125 cm³/mol. The number of aliphatic carboxylic acids is 1. The number of carboxylic acids is 1. The second-order valence-electron chi connectivity index (χ2n) is 7.84. The average molecular weight is 469 g/mol. The first-order valence-corrected chi connectivity index (χ1v) is 11.0. The molecular weight excluding hydrogens is 440 g/mol. The van der Waals surface area contributed by atoms with E-state index in [4.69, 9.17) is 25.7 Å². The Labute approximate surface area is 196 Å². The third-order valence-corrected chi connectivity index (χ3v) is 5.32. The molecule has 1 heterocycles. The van der Waals surface area contributed by atoms with Gasteiger partial charge < -0.3 is 30.9 Å². The number of nitrogens with one attached hydrogen (secondary N) is 3. The van der Waals surface area contributed by atoms with Gasteiger partial charge in [0.1, 0.15) is 30.0 Å². The molecule has 0 aliphatic carbocycles. The van der Waals surface area contributed by atoms with Gasteiger partial charge in [0.2, 0.25) is 5.78 Å². The zero-order valence-corrected chi connectivity index (χ0v) is 18.6. The Kier molecular flexibility index (Phi) is 8.58. The first-order chi connectivity index (χ1) is 16.3. The molecule has 10 nitrogen and oxygen atoms in total. The van der Waals surface area contributed by atoms with Crippen molar-refractivity contribution in [3.63, 3.8) is 0 Å². The second-order valence-corrected chi connectivity index (χ2v) is 7.84. The molecule has 180 valence electrons. The summed E-state index contributed by atoms with van der Waals surface area (Å²) in [6, 6.07) is 11.4. The third kappa shape index (κ3) is 7.04. The van der Waals surface area contributed by atoms with E-state index in [2.05, 4.69) is 10.6 Å². The van der Waals surface area contributed by atoms with Gasteiger partial charge in [0.25, 0.3) is 5.91 Å². The van der Waals surface area contributed by atoms with Crippen molar-refractivity contribution < 1.29 is 29.0 Å². The van der Waals surface area contributed by atoms with Crippen LogP contribution < -0.4 is 25.8 Å². The molecule has 1 amide bonds. The summed E-state index contributed by atoms with van der Waals surface area (Å²) in [6.45, 7) is 2.11. The molecule has 10 heteroatoms. The normalized spacial score (nSPS) is 13.6. The molecule has 1 saturated heterocycles. The summed E-state index contributed by atoms with van der Waals surface area (Å²) >= 11 is 0. The highest BCUT2D eigenvalue weighted by Crippen LogP contribution is 2.22. The number of amides is 1. The smallest absolute Gasteiger partial charge is 0.372 e. The molecule has 0 spiro atoms. The summed E-state index contributed by atoms with van der Waals surface area (Å²) in [5.74, 6) is -2.04. The van der Waals surface area contributed by atoms with E-state index in [9.17, 15) is 14.4 Å². The number of carboxylic acid groups (broad SMARTS) is 1. The molecule has 1 fully saturated rings. The molecule has 2 aromatic carbocycles. The molecule has 0 unspecified atom stereocenters. The molecule has 0 atom stereocenters. The van der Waals surface area contributed by atoms with Crippen molar-refractivity contribution >= 4 is 23.5 Å². The molecule has 6 N–H and O–H groups in total. The maximum Gasteiger partial charge on any atom is 0.372 e. The second kappa shape index (κ2) is 11.8. The Hall–Kier alpha value is -3.92. The number of amidine groups is 1. The number of nitrogen functional groups attached to an aromatic ring is 1. The van der Waals surface area contributed by atoms with Gasteiger partial charge in [-0.2, -0.15) is 0 Å². The van der Waals surface area contributed by atoms with Gasteiger partial charge >= 0.3 is 5.97 Å². The van der Waals surface area contributed by atoms with Crippen molar-refractivity contribution in [1.82, 2.24) is 10.6 Å². The fourth-order valence-corrected chi connectivity index (χ4v) is 3.47. The Morgan fingerprint density at radius 1 is 1.09 bits per heavy atom. The Balaban J connectivity index is 1.52. The van der Waals surface area contributed by atoms with Gasteiger partial charge in [-0.3, -0.25) is 15.0 Å². The number of hydrogen-bond acceptors (Lipinski definition) is 7. The molecular formula is C24H28N4O6. The fraction of sp³-hybridized carbons (Fsp3) is 0.333. The van der Waals surface area contributed by atoms with Crippen molar-refractivity contribution in [2.24, 2.45) is 5.73 Å². The lowest BCUT2D eigenvalue weighted by Gasteiger charge is -2.23. The number of ether oxygens (including phenoxy) is 2. The van der Waals surface area contributed by atoms with Crippen LogP contribution in [0.1, 0.15) is 34.3 Å². The van der Waals surface area contributed by atoms with Gasteiger partial charge in [-0.25, -0.2) is 4.79 Å². The van der Waals surface area contributed by atoms with Gasteiger partial charge in [0.15, 0.2) is 0 Å². The largest absolute Gasteiger partial charge is 0.491 e. The number of rotatable bonds is 11. The van der Waals surface area contributed by atoms with Crippen LogP contribution in [-0.4, -0.2) is 60.9 Å². The van der Waals surface area contributed by atoms with E-state index >= 15 is 0 Å². The molecule has 0 bridgehead atoms. The number of benzene rings is 2. The summed E-state index contributed by atoms with van der Waals surface area (Å²) in [5.41, 5.74) is 6.71. The summed E-state index contributed by atoms with van der Waals surface area (Å²) < 4.78 is 11.6. The van der Waals surface area contributed by atoms with E-state index in [0.717, 1.165) is 31.7 Å². The van der Waals surface area contributed by atoms with E-state index in [1.807, 2.05) is 0 Å². The highest BCUT2D eigenvalue weighted by atomic mass is 16.5. The maximum atomic E-state index is 12.4. The number of piperidine rings is 1. The molecule has 0 saturated carbocycles. The Bertz CT molecular complexity index is 1050. The van der Waals surface area contributed by atoms with Crippen molar-refractivity contribution in [3.05, 3.63) is 59.2 Å². The fourth-order valence-electron chi connectivity index (χ4n) is 3.47. The van der Waals surface area contributed by atoms with Gasteiger partial charge in [-0.05, 0) is 56.3 Å². The summed E-state index contributed by atoms with van der Waals surface area (Å²) in [5, 5.41) is 22.4. The minimum Gasteiger partial charge on any atom is -0.491 e. The number of ketones is 1. The van der Waals surface area contributed by atoms with Crippen LogP contribution in [-0.2, 0) is 16.0 Å². The highest BCUT2D eigenvalue weighted by molar-refractivity contribution is 6.33. The molecule has 2 aromatic rings. The maximum absolute atomic E-state index is 12.4. The van der Waals surface area contributed by atoms with Crippen molar-refractivity contribution in [3.8, 4) is 11.5 Å². The zero-order chi connectivity index (χ0) is 24.5. The predicted octanol–water partition coefficient (Wildman–Crippen LogP) is 1.11. The molecule has 1 aliphatic rings. The van der Waals surface area contributed by atoms with Crippen molar-refractivity contribution in [1.29, 1.82) is 5.41 Å². The van der Waals surface area contributed by atoms with Crippen LogP contribution in [0.2, 0.25) is 0 Å². The first kappa shape index (κ1) is 24.7. The van der Waals surface area contributed by atoms with Gasteiger partial charge in [0.05, 0.1) is 6.54 Å². The van der Waals surface area contributed by atoms with Crippen LogP contribution in [0.5, 0.6) is 11.5 Å². The number of hydrogen-bond donors (Lipinski definition) is 5. The molecule has 0 radical (unpaired) electrons. The Morgan fingerprint density at radius 3 is 2.41 bits per heavy atom. The van der Waals surface area contributed by atoms with E-state index in [0.29, 0.717) is 16.7 Å². The summed E-state index contributed by atoms with van der Waals surface area (Å²) in [7, 11) is 0. The standard InChI is InChI=1S/C24H28N4O6/c25-22(26)17-2-1-16(13-20(29)24(31)32)21(14-17)33-12-11-28-23(30)15-3-5-18(6-4-15)34-19-7-9-27-10-8-19/h1-6,14,19,27H,7-13H2,(H3,25,26)(H,28,30)(H,31,32). The van der Waals surface area contributed by atoms with Crippen LogP contribution in [0, 0.1) is 5.41 Å². The van der Waals surface area contributed by atoms with Gasteiger partial charge in [0, 0.05) is 23.1 Å². The van der Waals surface area contributed by atoms with Crippen molar-refractivity contribution in [2.45, 2.75) is 25.4 Å². The lowest BCUT2D eigenvalue weighted by molar-refractivity contribution is -0.148. The number of carbonyl (C=O) groups excluding carboxylic acids is 2. The average Bonchev–Trinajstić information content (AvgIpc) is 2.83. The van der Waals surface area contributed by atoms with E-state index in [1.165, 1.54) is 18.2 Å². The lowest BCUT2D eigenvalue weighted by atomic mass is 10.0. The molecule has 34 heavy (non-hydrogen) atoms. The van der Waals surface area contributed by atoms with E-state index in [-0.39, 0.29) is 43.2 Å².